The van der Waals surface area contributed by atoms with Gasteiger partial charge in [-0.15, -0.1) is 11.8 Å². The fraction of sp³-hybridized carbons (Fsp3) is 0.154. The Kier molecular flexibility index (Phi) is 3.70. The molecule has 1 aromatic carbocycles. The van der Waals surface area contributed by atoms with Gasteiger partial charge in [-0.1, -0.05) is 34.7 Å². The first-order valence-corrected chi connectivity index (χ1v) is 7.78. The van der Waals surface area contributed by atoms with Gasteiger partial charge in [-0.25, -0.2) is 9.50 Å². The van der Waals surface area contributed by atoms with E-state index in [1.165, 1.54) is 17.7 Å². The molecule has 5 nitrogen and oxygen atoms in total. The molecule has 0 atom stereocenters. The summed E-state index contributed by atoms with van der Waals surface area (Å²) in [4.78, 5) is 7.04. The number of aryl methyl sites for hydroxylation is 1. The van der Waals surface area contributed by atoms with Crippen LogP contribution in [0.15, 0.2) is 46.7 Å². The number of thioether (sulfide) groups is 1. The lowest BCUT2D eigenvalue weighted by molar-refractivity contribution is 0.319. The lowest BCUT2D eigenvalue weighted by Gasteiger charge is -2.03. The number of thiazole rings is 1. The van der Waals surface area contributed by atoms with Crippen molar-refractivity contribution >= 4 is 33.8 Å². The summed E-state index contributed by atoms with van der Waals surface area (Å²) in [6.07, 6.45) is 1.52. The molecule has 0 radical (unpaired) electrons. The number of fused-ring (bicyclic) bond motifs is 1. The van der Waals surface area contributed by atoms with Gasteiger partial charge in [0.2, 0.25) is 4.96 Å². The molecule has 0 amide bonds. The largest absolute Gasteiger partial charge is 0.411 e. The summed E-state index contributed by atoms with van der Waals surface area (Å²) in [5.41, 5.74) is 1.60. The molecule has 3 rings (SSSR count). The Hall–Kier alpha value is -1.86. The number of hydrogen-bond acceptors (Lipinski definition) is 6. The molecule has 0 saturated heterocycles. The predicted octanol–water partition coefficient (Wildman–Crippen LogP) is 3.07. The maximum absolute atomic E-state index is 9.28. The van der Waals surface area contributed by atoms with E-state index in [4.69, 9.17) is 0 Å². The van der Waals surface area contributed by atoms with Crippen LogP contribution in [0.4, 0.5) is 0 Å². The molecular formula is C13H12N4OS2. The molecule has 1 N–H and O–H groups in total. The first-order valence-electron chi connectivity index (χ1n) is 5.98. The second-order valence-corrected chi connectivity index (χ2v) is 6.15. The summed E-state index contributed by atoms with van der Waals surface area (Å²) in [7, 11) is 0. The van der Waals surface area contributed by atoms with Crippen molar-refractivity contribution in [2.45, 2.75) is 11.8 Å². The molecule has 0 spiro atoms. The molecule has 0 bridgehead atoms. The molecule has 2 heterocycles. The number of oxime groups is 1. The van der Waals surface area contributed by atoms with Crippen LogP contribution in [0.5, 0.6) is 0 Å². The highest BCUT2D eigenvalue weighted by Crippen LogP contribution is 2.25. The van der Waals surface area contributed by atoms with Crippen molar-refractivity contribution in [2.75, 3.05) is 5.75 Å². The van der Waals surface area contributed by atoms with Gasteiger partial charge >= 0.3 is 0 Å². The topological polar surface area (TPSA) is 62.8 Å². The van der Waals surface area contributed by atoms with Crippen LogP contribution in [0.2, 0.25) is 0 Å². The molecule has 7 heteroatoms. The van der Waals surface area contributed by atoms with E-state index in [1.54, 1.807) is 16.3 Å². The van der Waals surface area contributed by atoms with Crippen molar-refractivity contribution in [3.05, 3.63) is 47.2 Å². The van der Waals surface area contributed by atoms with Gasteiger partial charge in [0, 0.05) is 10.6 Å². The highest BCUT2D eigenvalue weighted by atomic mass is 32.2. The Balaban J connectivity index is 1.83. The van der Waals surface area contributed by atoms with Gasteiger partial charge in [0.05, 0.1) is 10.6 Å². The summed E-state index contributed by atoms with van der Waals surface area (Å²) in [5, 5.41) is 16.9. The van der Waals surface area contributed by atoms with Gasteiger partial charge in [-0.05, 0) is 19.1 Å². The van der Waals surface area contributed by atoms with Crippen LogP contribution in [0, 0.1) is 6.92 Å². The quantitative estimate of drug-likeness (QED) is 0.348. The monoisotopic (exact) mass is 304 g/mol. The zero-order chi connectivity index (χ0) is 13.9. The van der Waals surface area contributed by atoms with Crippen molar-refractivity contribution in [1.82, 2.24) is 14.6 Å². The van der Waals surface area contributed by atoms with Gasteiger partial charge in [0.25, 0.3) is 0 Å². The Morgan fingerprint density at radius 3 is 2.90 bits per heavy atom. The van der Waals surface area contributed by atoms with Crippen LogP contribution in [-0.2, 0) is 0 Å². The third-order valence-corrected chi connectivity index (χ3v) is 5.08. The second kappa shape index (κ2) is 5.64. The molecule has 0 unspecified atom stereocenters. The van der Waals surface area contributed by atoms with Crippen LogP contribution in [-0.4, -0.2) is 31.3 Å². The Bertz CT molecular complexity index is 748. The van der Waals surface area contributed by atoms with Crippen LogP contribution < -0.4 is 0 Å². The average Bonchev–Trinajstić information content (AvgIpc) is 3.05. The zero-order valence-electron chi connectivity index (χ0n) is 10.7. The lowest BCUT2D eigenvalue weighted by atomic mass is 10.3. The van der Waals surface area contributed by atoms with Crippen LogP contribution in [0.3, 0.4) is 0 Å². The molecule has 0 aliphatic rings. The second-order valence-electron chi connectivity index (χ2n) is 4.12. The molecule has 0 fully saturated rings. The van der Waals surface area contributed by atoms with Crippen LogP contribution >= 0.6 is 23.1 Å². The molecule has 0 aliphatic heterocycles. The van der Waals surface area contributed by atoms with Gasteiger partial charge in [0.15, 0.2) is 0 Å². The number of aromatic nitrogens is 3. The summed E-state index contributed by atoms with van der Waals surface area (Å²) in [6.45, 7) is 1.95. The molecule has 2 aromatic heterocycles. The van der Waals surface area contributed by atoms with Gasteiger partial charge < -0.3 is 5.21 Å². The molecular weight excluding hydrogens is 292 g/mol. The molecule has 20 heavy (non-hydrogen) atoms. The summed E-state index contributed by atoms with van der Waals surface area (Å²) >= 11 is 3.12. The van der Waals surface area contributed by atoms with Crippen molar-refractivity contribution < 1.29 is 5.21 Å². The minimum atomic E-state index is 0.602. The van der Waals surface area contributed by atoms with Crippen LogP contribution in [0.1, 0.15) is 10.6 Å². The van der Waals surface area contributed by atoms with Crippen molar-refractivity contribution in [1.29, 1.82) is 0 Å². The number of nitrogens with zero attached hydrogens (tertiary/aromatic N) is 4. The highest BCUT2D eigenvalue weighted by molar-refractivity contribution is 8.00. The summed E-state index contributed by atoms with van der Waals surface area (Å²) in [5.74, 6) is 0.602. The molecule has 3 aromatic rings. The standard InChI is InChI=1S/C13H12N4OS2/c1-9-12(20-13-14-8-15-17(9)13)11(16-18)7-19-10-5-3-2-4-6-10/h2-6,8,18H,7H2,1H3. The number of rotatable bonds is 4. The average molecular weight is 304 g/mol. The smallest absolute Gasteiger partial charge is 0.212 e. The van der Waals surface area contributed by atoms with Crippen molar-refractivity contribution in [3.63, 3.8) is 0 Å². The van der Waals surface area contributed by atoms with Crippen molar-refractivity contribution in [2.24, 2.45) is 5.16 Å². The van der Waals surface area contributed by atoms with E-state index < -0.39 is 0 Å². The zero-order valence-corrected chi connectivity index (χ0v) is 12.4. The summed E-state index contributed by atoms with van der Waals surface area (Å²) in [6, 6.07) is 10.0. The van der Waals surface area contributed by atoms with Gasteiger partial charge in [-0.3, -0.25) is 0 Å². The Morgan fingerprint density at radius 1 is 1.40 bits per heavy atom. The number of benzene rings is 1. The van der Waals surface area contributed by atoms with E-state index in [0.717, 1.165) is 20.4 Å². The first-order chi connectivity index (χ1) is 9.79. The van der Waals surface area contributed by atoms with E-state index in [0.29, 0.717) is 11.5 Å². The normalized spacial score (nSPS) is 12.2. The fourth-order valence-electron chi connectivity index (χ4n) is 1.87. The lowest BCUT2D eigenvalue weighted by Crippen LogP contribution is -2.05. The van der Waals surface area contributed by atoms with E-state index >= 15 is 0 Å². The first kappa shape index (κ1) is 13.1. The van der Waals surface area contributed by atoms with E-state index in [1.807, 2.05) is 37.3 Å². The minimum absolute atomic E-state index is 0.602. The third kappa shape index (κ3) is 2.41. The molecule has 0 aliphatic carbocycles. The molecule has 102 valence electrons. The Labute approximate surface area is 124 Å². The van der Waals surface area contributed by atoms with Crippen LogP contribution in [0.25, 0.3) is 4.96 Å². The van der Waals surface area contributed by atoms with E-state index in [2.05, 4.69) is 15.2 Å². The minimum Gasteiger partial charge on any atom is -0.411 e. The van der Waals surface area contributed by atoms with Crippen molar-refractivity contribution in [3.8, 4) is 0 Å². The van der Waals surface area contributed by atoms with Gasteiger partial charge in [-0.2, -0.15) is 5.10 Å². The third-order valence-electron chi connectivity index (χ3n) is 2.86. The maximum atomic E-state index is 9.28. The Morgan fingerprint density at radius 2 is 2.20 bits per heavy atom. The summed E-state index contributed by atoms with van der Waals surface area (Å²) < 4.78 is 1.76. The molecule has 0 saturated carbocycles. The number of hydrogen-bond donors (Lipinski definition) is 1. The highest BCUT2D eigenvalue weighted by Gasteiger charge is 2.16. The fourth-order valence-corrected chi connectivity index (χ4v) is 3.83. The van der Waals surface area contributed by atoms with Gasteiger partial charge in [0.1, 0.15) is 12.0 Å². The van der Waals surface area contributed by atoms with E-state index in [-0.39, 0.29) is 0 Å². The predicted molar refractivity (Wildman–Crippen MR) is 81.1 cm³/mol. The SMILES string of the molecule is Cc1c(C(CSc2ccccc2)=NO)sc2ncnn12. The van der Waals surface area contributed by atoms with E-state index in [9.17, 15) is 5.21 Å². The maximum Gasteiger partial charge on any atom is 0.212 e.